The SMILES string of the molecule is C[Si](C)(C#N)[Si](C#N)(C#N)C#N. The van der Waals surface area contributed by atoms with Gasteiger partial charge in [0.15, 0.2) is 0 Å². The molecular formula is C6H6N4Si2. The fourth-order valence-corrected chi connectivity index (χ4v) is 4.75. The quantitative estimate of drug-likeness (QED) is 0.561. The molecule has 0 spiro atoms. The Labute approximate surface area is 72.7 Å². The molecule has 0 radical (unpaired) electrons. The van der Waals surface area contributed by atoms with Crippen LogP contribution in [-0.2, 0) is 0 Å². The van der Waals surface area contributed by atoms with Crippen molar-refractivity contribution in [2.75, 3.05) is 0 Å². The van der Waals surface area contributed by atoms with Gasteiger partial charge in [-0.2, -0.15) is 0 Å². The average molecular weight is 190 g/mol. The molecule has 0 aliphatic rings. The molecule has 58 valence electrons. The van der Waals surface area contributed by atoms with Crippen LogP contribution in [0.25, 0.3) is 0 Å². The summed E-state index contributed by atoms with van der Waals surface area (Å²) in [5, 5.41) is 34.8. The number of hydrogen-bond donors (Lipinski definition) is 0. The molecule has 0 saturated heterocycles. The zero-order valence-corrected chi connectivity index (χ0v) is 8.79. The lowest BCUT2D eigenvalue weighted by molar-refractivity contribution is 1.51. The molecule has 6 heteroatoms. The predicted octanol–water partition coefficient (Wildman–Crippen LogP) is 0.473. The van der Waals surface area contributed by atoms with Gasteiger partial charge in [0.25, 0.3) is 0 Å². The number of hydrogen-bond acceptors (Lipinski definition) is 4. The lowest BCUT2D eigenvalue weighted by Crippen LogP contribution is -2.56. The second-order valence-electron chi connectivity index (χ2n) is 2.82. The standard InChI is InChI=1S/C6H6N4Si2/c1-11(2,3-7)12(4-8,5-9)6-10/h1-2H3. The lowest BCUT2D eigenvalue weighted by atomic mass is 11.7. The highest BCUT2D eigenvalue weighted by Gasteiger charge is 2.54. The first kappa shape index (κ1) is 10.4. The molecular weight excluding hydrogens is 184 g/mol. The largest absolute Gasteiger partial charge is 0.392 e. The zero-order valence-electron chi connectivity index (χ0n) is 6.79. The summed E-state index contributed by atoms with van der Waals surface area (Å²) in [4.78, 5) is 0. The van der Waals surface area contributed by atoms with Crippen LogP contribution in [0.15, 0.2) is 0 Å². The zero-order chi connectivity index (χ0) is 9.83. The summed E-state index contributed by atoms with van der Waals surface area (Å²) in [7, 11) is -5.85. The molecule has 0 rings (SSSR count). The molecule has 0 aromatic heterocycles. The maximum absolute atomic E-state index is 8.72. The van der Waals surface area contributed by atoms with Crippen molar-refractivity contribution in [2.24, 2.45) is 0 Å². The highest BCUT2D eigenvalue weighted by atomic mass is 29.3. The van der Waals surface area contributed by atoms with E-state index in [2.05, 4.69) is 0 Å². The summed E-state index contributed by atoms with van der Waals surface area (Å²) in [6.45, 7) is 3.18. The van der Waals surface area contributed by atoms with Crippen LogP contribution in [0.1, 0.15) is 0 Å². The van der Waals surface area contributed by atoms with Gasteiger partial charge >= 0.3 is 7.59 Å². The maximum atomic E-state index is 8.72. The van der Waals surface area contributed by atoms with Crippen molar-refractivity contribution in [3.05, 3.63) is 0 Å². The van der Waals surface area contributed by atoms with Gasteiger partial charge in [-0.3, -0.25) is 0 Å². The fourth-order valence-electron chi connectivity index (χ4n) is 0.578. The minimum Gasteiger partial charge on any atom is -0.207 e. The summed E-state index contributed by atoms with van der Waals surface area (Å²) >= 11 is 0. The van der Waals surface area contributed by atoms with E-state index in [0.29, 0.717) is 0 Å². The lowest BCUT2D eigenvalue weighted by Gasteiger charge is -2.16. The van der Waals surface area contributed by atoms with Gasteiger partial charge in [0.05, 0.1) is 17.1 Å². The first-order chi connectivity index (χ1) is 5.49. The Bertz CT molecular complexity index is 310. The van der Waals surface area contributed by atoms with Gasteiger partial charge in [0.2, 0.25) is 7.59 Å². The number of nitriles is 4. The van der Waals surface area contributed by atoms with Gasteiger partial charge in [-0.05, 0) is 0 Å². The molecule has 0 amide bonds. The summed E-state index contributed by atoms with van der Waals surface area (Å²) in [6, 6.07) is 0. The van der Waals surface area contributed by atoms with Gasteiger partial charge in [0, 0.05) is 5.69 Å². The molecule has 0 N–H and O–H groups in total. The van der Waals surface area contributed by atoms with Gasteiger partial charge in [-0.1, -0.05) is 13.1 Å². The number of rotatable bonds is 1. The third-order valence-electron chi connectivity index (χ3n) is 1.72. The second-order valence-corrected chi connectivity index (χ2v) is 14.5. The normalized spacial score (nSPS) is 10.2. The topological polar surface area (TPSA) is 95.2 Å². The third kappa shape index (κ3) is 1.22. The Morgan fingerprint density at radius 2 is 1.08 bits per heavy atom. The molecule has 0 aliphatic carbocycles. The van der Waals surface area contributed by atoms with Gasteiger partial charge < -0.3 is 0 Å². The molecule has 0 aromatic rings. The molecule has 0 bridgehead atoms. The van der Waals surface area contributed by atoms with Crippen LogP contribution in [0.2, 0.25) is 13.1 Å². The van der Waals surface area contributed by atoms with Crippen LogP contribution in [0.4, 0.5) is 0 Å². The van der Waals surface area contributed by atoms with Crippen molar-refractivity contribution < 1.29 is 0 Å². The summed E-state index contributed by atoms with van der Waals surface area (Å²) in [6.07, 6.45) is 0. The molecule has 0 saturated carbocycles. The summed E-state index contributed by atoms with van der Waals surface area (Å²) in [5.74, 6) is 0. The van der Waals surface area contributed by atoms with E-state index < -0.39 is 15.2 Å². The third-order valence-corrected chi connectivity index (χ3v) is 12.1. The molecule has 0 atom stereocenters. The molecule has 4 nitrogen and oxygen atoms in total. The van der Waals surface area contributed by atoms with E-state index in [9.17, 15) is 0 Å². The molecule has 0 aromatic carbocycles. The van der Waals surface area contributed by atoms with Crippen LogP contribution in [0.5, 0.6) is 0 Å². The Morgan fingerprint density at radius 1 is 0.750 bits per heavy atom. The number of nitrogens with zero attached hydrogens (tertiary/aromatic N) is 4. The Morgan fingerprint density at radius 3 is 1.17 bits per heavy atom. The van der Waals surface area contributed by atoms with Gasteiger partial charge in [0.1, 0.15) is 0 Å². The van der Waals surface area contributed by atoms with Crippen LogP contribution < -0.4 is 0 Å². The van der Waals surface area contributed by atoms with Crippen LogP contribution >= 0.6 is 0 Å². The van der Waals surface area contributed by atoms with Crippen molar-refractivity contribution >= 4 is 15.2 Å². The van der Waals surface area contributed by atoms with Gasteiger partial charge in [-0.25, -0.2) is 21.0 Å². The molecule has 0 fully saturated rings. The minimum absolute atomic E-state index is 1.59. The van der Waals surface area contributed by atoms with E-state index in [1.165, 1.54) is 0 Å². The van der Waals surface area contributed by atoms with Crippen molar-refractivity contribution in [1.29, 1.82) is 21.0 Å². The molecule has 0 unspecified atom stereocenters. The molecule has 0 heterocycles. The van der Waals surface area contributed by atoms with E-state index in [0.717, 1.165) is 0 Å². The highest BCUT2D eigenvalue weighted by Crippen LogP contribution is 2.15. The van der Waals surface area contributed by atoms with E-state index in [-0.39, 0.29) is 0 Å². The van der Waals surface area contributed by atoms with Gasteiger partial charge in [-0.15, -0.1) is 0 Å². The smallest absolute Gasteiger partial charge is 0.207 e. The predicted molar refractivity (Wildman–Crippen MR) is 45.7 cm³/mol. The van der Waals surface area contributed by atoms with Crippen molar-refractivity contribution in [2.45, 2.75) is 13.1 Å². The molecule has 12 heavy (non-hydrogen) atoms. The van der Waals surface area contributed by atoms with E-state index in [4.69, 9.17) is 21.0 Å². The Hall–Kier alpha value is -1.61. The van der Waals surface area contributed by atoms with E-state index in [1.54, 1.807) is 30.2 Å². The van der Waals surface area contributed by atoms with Crippen molar-refractivity contribution in [3.8, 4) is 22.8 Å². The first-order valence-corrected chi connectivity index (χ1v) is 9.14. The first-order valence-electron chi connectivity index (χ1n) is 3.14. The molecule has 0 aliphatic heterocycles. The van der Waals surface area contributed by atoms with E-state index in [1.807, 2.05) is 5.69 Å². The minimum atomic E-state index is -3.25. The highest BCUT2D eigenvalue weighted by molar-refractivity contribution is 7.53. The van der Waals surface area contributed by atoms with Crippen LogP contribution in [0, 0.1) is 43.8 Å². The summed E-state index contributed by atoms with van der Waals surface area (Å²) in [5.41, 5.74) is 7.25. The Balaban J connectivity index is 5.42. The van der Waals surface area contributed by atoms with Crippen LogP contribution in [0.3, 0.4) is 0 Å². The van der Waals surface area contributed by atoms with E-state index >= 15 is 0 Å². The monoisotopic (exact) mass is 190 g/mol. The maximum Gasteiger partial charge on any atom is 0.392 e. The van der Waals surface area contributed by atoms with Crippen molar-refractivity contribution in [3.63, 3.8) is 0 Å². The summed E-state index contributed by atoms with van der Waals surface area (Å²) < 4.78 is 0. The second kappa shape index (κ2) is 3.19. The Kier molecular flexibility index (Phi) is 2.77. The average Bonchev–Trinajstić information content (AvgIpc) is 2.08. The van der Waals surface area contributed by atoms with Crippen molar-refractivity contribution in [1.82, 2.24) is 0 Å². The fraction of sp³-hybridized carbons (Fsp3) is 0.333. The van der Waals surface area contributed by atoms with Crippen LogP contribution in [-0.4, -0.2) is 15.2 Å².